The maximum atomic E-state index is 14.6. The number of carbonyl (C=O) groups excluding carboxylic acids is 4. The van der Waals surface area contributed by atoms with Crippen LogP contribution in [0.5, 0.6) is 0 Å². The highest BCUT2D eigenvalue weighted by Crippen LogP contribution is 2.39. The third-order valence-corrected chi connectivity index (χ3v) is 11.5. The van der Waals surface area contributed by atoms with Gasteiger partial charge in [-0.05, 0) is 86.5 Å². The van der Waals surface area contributed by atoms with Crippen molar-refractivity contribution in [2.45, 2.75) is 75.4 Å². The molecule has 13 heteroatoms. The molecule has 4 saturated heterocycles. The van der Waals surface area contributed by atoms with Gasteiger partial charge < -0.3 is 24.8 Å². The molecule has 1 unspecified atom stereocenters. The fraction of sp³-hybridized carbons (Fsp3) is 0.442. The Hall–Kier alpha value is -5.17. The van der Waals surface area contributed by atoms with Crippen LogP contribution < -0.4 is 5.32 Å². The molecular weight excluding hydrogens is 723 g/mol. The summed E-state index contributed by atoms with van der Waals surface area (Å²) in [4.78, 5) is 63.5. The maximum Gasteiger partial charge on any atom is 0.416 e. The van der Waals surface area contributed by atoms with Crippen molar-refractivity contribution in [2.75, 3.05) is 39.3 Å². The first-order chi connectivity index (χ1) is 27.1. The number of rotatable bonds is 12. The molecule has 0 bridgehead atoms. The molecule has 7 rings (SSSR count). The molecule has 0 saturated carbocycles. The number of nitrogens with zero attached hydrogens (tertiary/aromatic N) is 4. The second-order valence-electron chi connectivity index (χ2n) is 15.1. The normalized spacial score (nSPS) is 22.9. The molecule has 56 heavy (non-hydrogen) atoms. The number of benzene rings is 3. The molecule has 4 atom stereocenters. The Labute approximate surface area is 325 Å². The molecule has 3 aromatic carbocycles. The topological polar surface area (TPSA) is 103 Å². The number of nitrogens with one attached hydrogen (secondary N) is 1. The van der Waals surface area contributed by atoms with Crippen molar-refractivity contribution in [3.05, 3.63) is 113 Å². The van der Waals surface area contributed by atoms with Gasteiger partial charge in [0, 0.05) is 19.6 Å². The third kappa shape index (κ3) is 8.77. The van der Waals surface area contributed by atoms with E-state index in [0.717, 1.165) is 62.2 Å². The molecule has 1 N–H and O–H groups in total. The quantitative estimate of drug-likeness (QED) is 0.172. The van der Waals surface area contributed by atoms with Crippen LogP contribution in [0.25, 0.3) is 6.08 Å². The zero-order valence-corrected chi connectivity index (χ0v) is 31.3. The van der Waals surface area contributed by atoms with E-state index in [2.05, 4.69) is 10.2 Å². The fourth-order valence-electron chi connectivity index (χ4n) is 8.41. The van der Waals surface area contributed by atoms with Gasteiger partial charge in [-0.25, -0.2) is 4.79 Å². The van der Waals surface area contributed by atoms with E-state index in [-0.39, 0.29) is 18.7 Å². The van der Waals surface area contributed by atoms with Crippen LogP contribution in [-0.2, 0) is 31.8 Å². The van der Waals surface area contributed by atoms with Gasteiger partial charge in [0.05, 0.1) is 17.6 Å². The predicted molar refractivity (Wildman–Crippen MR) is 204 cm³/mol. The molecule has 0 aliphatic carbocycles. The summed E-state index contributed by atoms with van der Waals surface area (Å²) in [5.74, 6) is -1.55. The summed E-state index contributed by atoms with van der Waals surface area (Å²) in [7, 11) is 0. The molecule has 4 aliphatic heterocycles. The Kier molecular flexibility index (Phi) is 12.1. The second-order valence-corrected chi connectivity index (χ2v) is 15.1. The number of ether oxygens (including phenoxy) is 1. The van der Waals surface area contributed by atoms with Crippen LogP contribution in [0.1, 0.15) is 66.8 Å². The summed E-state index contributed by atoms with van der Waals surface area (Å²) < 4.78 is 46.0. The van der Waals surface area contributed by atoms with Gasteiger partial charge in [0.15, 0.2) is 6.04 Å². The van der Waals surface area contributed by atoms with Crippen molar-refractivity contribution < 1.29 is 37.1 Å². The minimum absolute atomic E-state index is 0.0221. The number of hydrogen-bond acceptors (Lipinski definition) is 6. The number of amides is 4. The summed E-state index contributed by atoms with van der Waals surface area (Å²) in [6.45, 7) is 3.78. The first kappa shape index (κ1) is 39.1. The number of hydrogen-bond donors (Lipinski definition) is 1. The zero-order chi connectivity index (χ0) is 39.2. The highest BCUT2D eigenvalue weighted by Gasteiger charge is 2.60. The molecule has 4 heterocycles. The predicted octanol–water partition coefficient (Wildman–Crippen LogP) is 6.29. The fourth-order valence-corrected chi connectivity index (χ4v) is 8.41. The van der Waals surface area contributed by atoms with Crippen molar-refractivity contribution in [2.24, 2.45) is 5.92 Å². The van der Waals surface area contributed by atoms with Gasteiger partial charge in [0.1, 0.15) is 12.6 Å². The van der Waals surface area contributed by atoms with Gasteiger partial charge in [0.25, 0.3) is 11.8 Å². The maximum absolute atomic E-state index is 14.6. The van der Waals surface area contributed by atoms with E-state index >= 15 is 0 Å². The lowest BCUT2D eigenvalue weighted by molar-refractivity contribution is -0.169. The zero-order valence-electron chi connectivity index (χ0n) is 31.3. The average Bonchev–Trinajstić information content (AvgIpc) is 3.60. The number of halogens is 3. The highest BCUT2D eigenvalue weighted by atomic mass is 19.4. The van der Waals surface area contributed by atoms with Gasteiger partial charge in [0.2, 0.25) is 5.91 Å². The van der Waals surface area contributed by atoms with E-state index in [1.54, 1.807) is 17.1 Å². The number of piperidine rings is 2. The van der Waals surface area contributed by atoms with Crippen LogP contribution in [-0.4, -0.2) is 101 Å². The smallest absolute Gasteiger partial charge is 0.416 e. The van der Waals surface area contributed by atoms with E-state index < -0.39 is 59.7 Å². The monoisotopic (exact) mass is 771 g/mol. The summed E-state index contributed by atoms with van der Waals surface area (Å²) >= 11 is 0. The highest BCUT2D eigenvalue weighted by molar-refractivity contribution is 6.09. The van der Waals surface area contributed by atoms with Gasteiger partial charge in [-0.1, -0.05) is 91.4 Å². The van der Waals surface area contributed by atoms with Crippen LogP contribution in [0.3, 0.4) is 0 Å². The van der Waals surface area contributed by atoms with E-state index in [4.69, 9.17) is 4.74 Å². The largest absolute Gasteiger partial charge is 0.447 e. The van der Waals surface area contributed by atoms with Crippen molar-refractivity contribution in [1.82, 2.24) is 24.9 Å². The summed E-state index contributed by atoms with van der Waals surface area (Å²) in [6.07, 6.45) is 4.48. The van der Waals surface area contributed by atoms with E-state index in [9.17, 15) is 32.3 Å². The first-order valence-corrected chi connectivity index (χ1v) is 19.6. The van der Waals surface area contributed by atoms with Gasteiger partial charge >= 0.3 is 12.3 Å². The minimum Gasteiger partial charge on any atom is -0.447 e. The molecule has 4 amide bonds. The molecule has 3 aromatic rings. The lowest BCUT2D eigenvalue weighted by Gasteiger charge is -2.52. The molecular formula is C43H48F3N5O5. The Morgan fingerprint density at radius 3 is 2.27 bits per heavy atom. The van der Waals surface area contributed by atoms with E-state index in [0.29, 0.717) is 19.0 Å². The van der Waals surface area contributed by atoms with Crippen molar-refractivity contribution >= 4 is 29.9 Å². The van der Waals surface area contributed by atoms with Gasteiger partial charge in [-0.3, -0.25) is 19.3 Å². The van der Waals surface area contributed by atoms with E-state index in [1.807, 2.05) is 60.7 Å². The third-order valence-electron chi connectivity index (χ3n) is 11.5. The average molecular weight is 772 g/mol. The molecule has 0 aromatic heterocycles. The van der Waals surface area contributed by atoms with Crippen LogP contribution in [0.15, 0.2) is 91.0 Å². The van der Waals surface area contributed by atoms with Crippen LogP contribution in [0.2, 0.25) is 0 Å². The number of carbonyl (C=O) groups is 4. The Bertz CT molecular complexity index is 1880. The van der Waals surface area contributed by atoms with Gasteiger partial charge in [-0.2, -0.15) is 13.2 Å². The van der Waals surface area contributed by atoms with Crippen molar-refractivity contribution in [3.63, 3.8) is 0 Å². The second kappa shape index (κ2) is 17.3. The van der Waals surface area contributed by atoms with Crippen molar-refractivity contribution in [1.29, 1.82) is 0 Å². The number of alkyl halides is 3. The van der Waals surface area contributed by atoms with Crippen molar-refractivity contribution in [3.8, 4) is 0 Å². The number of β-lactam (4-membered cyclic amide) rings is 1. The van der Waals surface area contributed by atoms with Crippen LogP contribution in [0, 0.1) is 5.92 Å². The summed E-state index contributed by atoms with van der Waals surface area (Å²) in [6, 6.07) is 18.9. The molecule has 296 valence electrons. The lowest BCUT2D eigenvalue weighted by atomic mass is 9.87. The molecule has 4 aliphatic rings. The first-order valence-electron chi connectivity index (χ1n) is 19.6. The molecule has 0 radical (unpaired) electrons. The van der Waals surface area contributed by atoms with Gasteiger partial charge in [-0.15, -0.1) is 0 Å². The van der Waals surface area contributed by atoms with Crippen LogP contribution >= 0.6 is 0 Å². The minimum atomic E-state index is -4.58. The Morgan fingerprint density at radius 2 is 1.57 bits per heavy atom. The molecule has 10 nitrogen and oxygen atoms in total. The number of likely N-dealkylation sites (tertiary alicyclic amines) is 3. The number of cyclic esters (lactones) is 1. The summed E-state index contributed by atoms with van der Waals surface area (Å²) in [5.41, 5.74) is 0.896. The lowest BCUT2D eigenvalue weighted by Crippen LogP contribution is -2.76. The molecule has 4 fully saturated rings. The Balaban J connectivity index is 1.16. The standard InChI is InChI=1S/C43H48F3N5O5/c44-43(45,46)34-16-10-13-32(27-34)28-47-39(52)38(40(53)49-25-20-31(21-26-49)19-24-48-22-8-3-9-23-48)50-35(18-17-30-11-4-1-5-12-30)37(41(50)54)51-36(29-56-42(51)55)33-14-6-2-7-15-33/h1-2,4-7,10-18,27,31,35-38H,3,8-9,19-26,28-29H2,(H,47,52)/b18-17+/t35-,36-,37+,38?/m1/s1. The SMILES string of the molecule is O=C(NCc1cccc(C(F)(F)F)c1)C(C(=O)N1CCC(CCN2CCCCC2)CC1)N1C(=O)[C@@H](N2C(=O)OC[C@@H]2c2ccccc2)[C@H]1/C=C/c1ccccc1. The molecule has 0 spiro atoms. The van der Waals surface area contributed by atoms with E-state index in [1.165, 1.54) is 41.2 Å². The Morgan fingerprint density at radius 1 is 0.875 bits per heavy atom. The summed E-state index contributed by atoms with van der Waals surface area (Å²) in [5, 5.41) is 2.67. The van der Waals surface area contributed by atoms with Crippen LogP contribution in [0.4, 0.5) is 18.0 Å².